The molecule has 0 aliphatic heterocycles. The molecule has 0 spiro atoms. The predicted molar refractivity (Wildman–Crippen MR) is 121 cm³/mol. The predicted octanol–water partition coefficient (Wildman–Crippen LogP) is 5.94. The first kappa shape index (κ1) is 21.2. The topological polar surface area (TPSA) is 142 Å². The van der Waals surface area contributed by atoms with Crippen LogP contribution in [0.3, 0.4) is 0 Å². The minimum Gasteiger partial charge on any atom is -0.258 e. The van der Waals surface area contributed by atoms with Crippen molar-refractivity contribution in [3.05, 3.63) is 99.5 Å². The highest BCUT2D eigenvalue weighted by Gasteiger charge is 2.36. The van der Waals surface area contributed by atoms with E-state index in [0.29, 0.717) is 16.8 Å². The zero-order valence-electron chi connectivity index (χ0n) is 16.7. The van der Waals surface area contributed by atoms with E-state index in [2.05, 4.69) is 15.9 Å². The summed E-state index contributed by atoms with van der Waals surface area (Å²) in [6.45, 7) is 3.66. The second-order valence-corrected chi connectivity index (χ2v) is 8.15. The molecule has 3 aromatic carbocycles. The maximum absolute atomic E-state index is 11.8. The van der Waals surface area contributed by atoms with Gasteiger partial charge in [0.25, 0.3) is 17.1 Å². The van der Waals surface area contributed by atoms with Gasteiger partial charge in [0.05, 0.1) is 37.8 Å². The summed E-state index contributed by atoms with van der Waals surface area (Å²) in [5.74, 6) is 0. The van der Waals surface area contributed by atoms with Gasteiger partial charge in [-0.1, -0.05) is 15.9 Å². The van der Waals surface area contributed by atoms with Crippen molar-refractivity contribution < 1.29 is 14.8 Å². The fraction of sp³-hybridized carbons (Fsp3) is 0.0952. The van der Waals surface area contributed by atoms with Crippen molar-refractivity contribution in [3.63, 3.8) is 0 Å². The molecule has 0 aromatic heterocycles. The molecule has 0 bridgehead atoms. The molecule has 0 saturated carbocycles. The summed E-state index contributed by atoms with van der Waals surface area (Å²) in [5.41, 5.74) is 2.23. The smallest absolute Gasteiger partial charge is 0.258 e. The van der Waals surface area contributed by atoms with Gasteiger partial charge in [0.15, 0.2) is 0 Å². The van der Waals surface area contributed by atoms with Crippen LogP contribution in [0.25, 0.3) is 11.1 Å². The maximum Gasteiger partial charge on any atom is 0.284 e. The minimum atomic E-state index is -0.716. The molecule has 0 saturated heterocycles. The lowest BCUT2D eigenvalue weighted by atomic mass is 10.0. The Morgan fingerprint density at radius 3 is 1.91 bits per heavy atom. The Hall–Kier alpha value is -3.99. The molecule has 10 nitrogen and oxygen atoms in total. The van der Waals surface area contributed by atoms with Crippen LogP contribution in [-0.2, 0) is 0 Å². The van der Waals surface area contributed by atoms with Gasteiger partial charge < -0.3 is 0 Å². The summed E-state index contributed by atoms with van der Waals surface area (Å²) < 4.78 is 0.839. The Morgan fingerprint density at radius 2 is 1.34 bits per heavy atom. The molecule has 0 amide bonds. The number of aryl methyl sites for hydroxylation is 2. The molecule has 1 aliphatic rings. The molecule has 1 aliphatic carbocycles. The van der Waals surface area contributed by atoms with Crippen LogP contribution in [0.1, 0.15) is 22.3 Å². The highest BCUT2D eigenvalue weighted by molar-refractivity contribution is 9.10. The third-order valence-corrected chi connectivity index (χ3v) is 5.64. The van der Waals surface area contributed by atoms with Gasteiger partial charge in [-0.25, -0.2) is 4.99 Å². The lowest BCUT2D eigenvalue weighted by Gasteiger charge is -2.09. The van der Waals surface area contributed by atoms with Crippen LogP contribution in [0, 0.1) is 44.2 Å². The average Bonchev–Trinajstić information content (AvgIpc) is 3.02. The summed E-state index contributed by atoms with van der Waals surface area (Å²) in [6.07, 6.45) is 0. The number of halogens is 1. The molecule has 0 atom stereocenters. The summed E-state index contributed by atoms with van der Waals surface area (Å²) in [4.78, 5) is 37.3. The number of fused-ring (bicyclic) bond motifs is 3. The monoisotopic (exact) mass is 496 g/mol. The van der Waals surface area contributed by atoms with E-state index in [0.717, 1.165) is 21.7 Å². The van der Waals surface area contributed by atoms with E-state index in [1.54, 1.807) is 0 Å². The van der Waals surface area contributed by atoms with Crippen LogP contribution < -0.4 is 0 Å². The third kappa shape index (κ3) is 3.42. The molecule has 0 N–H and O–H groups in total. The van der Waals surface area contributed by atoms with Gasteiger partial charge in [-0.3, -0.25) is 30.3 Å². The number of benzene rings is 3. The Balaban J connectivity index is 2.12. The van der Waals surface area contributed by atoms with Gasteiger partial charge in [-0.2, -0.15) is 0 Å². The zero-order valence-corrected chi connectivity index (χ0v) is 18.2. The Kier molecular flexibility index (Phi) is 5.05. The first-order chi connectivity index (χ1) is 15.1. The Morgan fingerprint density at radius 1 is 0.750 bits per heavy atom. The molecule has 32 heavy (non-hydrogen) atoms. The molecule has 11 heteroatoms. The van der Waals surface area contributed by atoms with E-state index >= 15 is 0 Å². The standard InChI is InChI=1S/C21H13BrN4O6/c1-10-5-12(22)6-11(2)20(10)23-21-16-7-13(24(27)28)3-4-15(16)19-17(21)8-14(25(29)30)9-18(19)26(31)32/h3-9H,1-2H3. The van der Waals surface area contributed by atoms with Gasteiger partial charge in [0, 0.05) is 33.8 Å². The Labute approximate surface area is 188 Å². The number of aliphatic imine (C=N–C) groups is 1. The number of nitro benzene ring substituents is 3. The summed E-state index contributed by atoms with van der Waals surface area (Å²) in [6, 6.07) is 9.73. The van der Waals surface area contributed by atoms with Crippen LogP contribution in [0.5, 0.6) is 0 Å². The number of nitro groups is 3. The van der Waals surface area contributed by atoms with Crippen molar-refractivity contribution in [1.82, 2.24) is 0 Å². The van der Waals surface area contributed by atoms with Crippen molar-refractivity contribution in [2.45, 2.75) is 13.8 Å². The normalized spacial score (nSPS) is 13.0. The summed E-state index contributed by atoms with van der Waals surface area (Å²) in [5, 5.41) is 34.6. The van der Waals surface area contributed by atoms with Crippen molar-refractivity contribution in [2.24, 2.45) is 4.99 Å². The number of nitrogens with zero attached hydrogens (tertiary/aromatic N) is 4. The number of non-ortho nitro benzene ring substituents is 2. The molecule has 160 valence electrons. The summed E-state index contributed by atoms with van der Waals surface area (Å²) >= 11 is 3.41. The average molecular weight is 497 g/mol. The van der Waals surface area contributed by atoms with E-state index in [4.69, 9.17) is 4.99 Å². The van der Waals surface area contributed by atoms with Crippen molar-refractivity contribution in [3.8, 4) is 11.1 Å². The van der Waals surface area contributed by atoms with E-state index in [9.17, 15) is 30.3 Å². The molecule has 0 unspecified atom stereocenters. The first-order valence-corrected chi connectivity index (χ1v) is 9.99. The van der Waals surface area contributed by atoms with Gasteiger partial charge in [0.1, 0.15) is 0 Å². The van der Waals surface area contributed by atoms with Crippen molar-refractivity contribution in [1.29, 1.82) is 0 Å². The van der Waals surface area contributed by atoms with E-state index in [-0.39, 0.29) is 22.5 Å². The molecule has 0 heterocycles. The van der Waals surface area contributed by atoms with Gasteiger partial charge in [0.2, 0.25) is 0 Å². The van der Waals surface area contributed by atoms with Crippen LogP contribution >= 0.6 is 15.9 Å². The molecule has 0 fully saturated rings. The van der Waals surface area contributed by atoms with Crippen molar-refractivity contribution in [2.75, 3.05) is 0 Å². The molecule has 0 radical (unpaired) electrons. The number of rotatable bonds is 4. The fourth-order valence-corrected chi connectivity index (χ4v) is 4.53. The van der Waals surface area contributed by atoms with Gasteiger partial charge in [-0.15, -0.1) is 0 Å². The highest BCUT2D eigenvalue weighted by Crippen LogP contribution is 2.46. The number of hydrogen-bond donors (Lipinski definition) is 0. The fourth-order valence-electron chi connectivity index (χ4n) is 3.85. The zero-order chi connectivity index (χ0) is 23.3. The van der Waals surface area contributed by atoms with Crippen LogP contribution in [0.4, 0.5) is 22.7 Å². The maximum atomic E-state index is 11.8. The SMILES string of the molecule is Cc1cc(Br)cc(C)c1N=C1c2cc([N+](=O)[O-])ccc2-c2c1cc([N+](=O)[O-])cc2[N+](=O)[O-]. The first-order valence-electron chi connectivity index (χ1n) is 9.20. The number of hydrogen-bond acceptors (Lipinski definition) is 7. The molecule has 3 aromatic rings. The van der Waals surface area contributed by atoms with E-state index in [1.807, 2.05) is 26.0 Å². The second-order valence-electron chi connectivity index (χ2n) is 7.24. The molecular formula is C21H13BrN4O6. The largest absolute Gasteiger partial charge is 0.284 e. The lowest BCUT2D eigenvalue weighted by Crippen LogP contribution is -2.02. The molecular weight excluding hydrogens is 484 g/mol. The second kappa shape index (κ2) is 7.61. The van der Waals surface area contributed by atoms with E-state index in [1.165, 1.54) is 24.3 Å². The third-order valence-electron chi connectivity index (χ3n) is 5.18. The molecule has 4 rings (SSSR count). The quantitative estimate of drug-likeness (QED) is 0.252. The Bertz CT molecular complexity index is 1380. The minimum absolute atomic E-state index is 0.150. The van der Waals surface area contributed by atoms with Crippen molar-refractivity contribution >= 4 is 44.4 Å². The van der Waals surface area contributed by atoms with Gasteiger partial charge >= 0.3 is 0 Å². The van der Waals surface area contributed by atoms with E-state index < -0.39 is 26.1 Å². The lowest BCUT2D eigenvalue weighted by molar-refractivity contribution is -0.393. The van der Waals surface area contributed by atoms with Gasteiger partial charge in [-0.05, 0) is 48.7 Å². The van der Waals surface area contributed by atoms with Crippen LogP contribution in [0.15, 0.2) is 51.9 Å². The van der Waals surface area contributed by atoms with Crippen LogP contribution in [-0.4, -0.2) is 20.5 Å². The summed E-state index contributed by atoms with van der Waals surface area (Å²) in [7, 11) is 0. The van der Waals surface area contributed by atoms with Crippen LogP contribution in [0.2, 0.25) is 0 Å². The highest BCUT2D eigenvalue weighted by atomic mass is 79.9.